The molecule has 0 N–H and O–H groups in total. The fraction of sp³-hybridized carbons (Fsp3) is 0.286. The van der Waals surface area contributed by atoms with Gasteiger partial charge in [0.2, 0.25) is 0 Å². The number of nitrogens with zero attached hydrogens (tertiary/aromatic N) is 4. The summed E-state index contributed by atoms with van der Waals surface area (Å²) >= 11 is 0. The number of benzene rings is 1. The smallest absolute Gasteiger partial charge is 0.321 e. The average Bonchev–Trinajstić information content (AvgIpc) is 2.63. The van der Waals surface area contributed by atoms with Crippen LogP contribution in [0.2, 0.25) is 0 Å². The zero-order valence-electron chi connectivity index (χ0n) is 15.5. The molecule has 0 fully saturated rings. The number of aryl methyl sites for hydroxylation is 1. The van der Waals surface area contributed by atoms with E-state index in [1.165, 1.54) is 11.1 Å². The maximum atomic E-state index is 5.72. The first-order valence-electron chi connectivity index (χ1n) is 8.76. The van der Waals surface area contributed by atoms with Crippen molar-refractivity contribution in [3.05, 3.63) is 77.9 Å². The van der Waals surface area contributed by atoms with E-state index in [0.717, 1.165) is 24.4 Å². The number of aromatic nitrogens is 3. The highest BCUT2D eigenvalue weighted by atomic mass is 16.5. The highest BCUT2D eigenvalue weighted by molar-refractivity contribution is 5.30. The van der Waals surface area contributed by atoms with Crippen LogP contribution in [-0.4, -0.2) is 32.9 Å². The second-order valence-corrected chi connectivity index (χ2v) is 6.57. The zero-order valence-corrected chi connectivity index (χ0v) is 15.5. The van der Waals surface area contributed by atoms with Gasteiger partial charge in [-0.3, -0.25) is 9.88 Å². The van der Waals surface area contributed by atoms with Crippen molar-refractivity contribution in [2.24, 2.45) is 0 Å². The standard InChI is InChI=1S/C21H24N4O/c1-16-8-11-22-19(12-16)13-17(2)25(3)15-18-6-4-7-20(14-18)26-21-23-9-5-10-24-21/h4-12,14,17H,13,15H2,1-3H3. The molecule has 5 heteroatoms. The van der Waals surface area contributed by atoms with Crippen LogP contribution in [0.3, 0.4) is 0 Å². The number of likely N-dealkylation sites (N-methyl/N-ethyl adjacent to an activating group) is 1. The van der Waals surface area contributed by atoms with Gasteiger partial charge >= 0.3 is 6.01 Å². The summed E-state index contributed by atoms with van der Waals surface area (Å²) in [5.41, 5.74) is 3.56. The highest BCUT2D eigenvalue weighted by Crippen LogP contribution is 2.20. The molecule has 0 saturated carbocycles. The van der Waals surface area contributed by atoms with Gasteiger partial charge in [-0.15, -0.1) is 0 Å². The number of ether oxygens (including phenoxy) is 1. The van der Waals surface area contributed by atoms with Gasteiger partial charge in [-0.1, -0.05) is 12.1 Å². The summed E-state index contributed by atoms with van der Waals surface area (Å²) in [4.78, 5) is 15.0. The maximum Gasteiger partial charge on any atom is 0.321 e. The first-order valence-corrected chi connectivity index (χ1v) is 8.76. The van der Waals surface area contributed by atoms with Gasteiger partial charge in [-0.05, 0) is 62.4 Å². The van der Waals surface area contributed by atoms with Gasteiger partial charge in [0.15, 0.2) is 0 Å². The SMILES string of the molecule is Cc1ccnc(CC(C)N(C)Cc2cccc(Oc3ncccn3)c2)c1. The van der Waals surface area contributed by atoms with Gasteiger partial charge in [0.1, 0.15) is 5.75 Å². The molecule has 0 bridgehead atoms. The molecule has 1 unspecified atom stereocenters. The molecule has 5 nitrogen and oxygen atoms in total. The third-order valence-corrected chi connectivity index (χ3v) is 4.31. The summed E-state index contributed by atoms with van der Waals surface area (Å²) in [5.74, 6) is 0.745. The topological polar surface area (TPSA) is 51.1 Å². The third-order valence-electron chi connectivity index (χ3n) is 4.31. The van der Waals surface area contributed by atoms with E-state index in [0.29, 0.717) is 12.1 Å². The molecule has 26 heavy (non-hydrogen) atoms. The minimum atomic E-state index is 0.358. The summed E-state index contributed by atoms with van der Waals surface area (Å²) in [7, 11) is 2.13. The van der Waals surface area contributed by atoms with E-state index in [4.69, 9.17) is 4.74 Å². The largest absolute Gasteiger partial charge is 0.424 e. The van der Waals surface area contributed by atoms with Crippen LogP contribution in [-0.2, 0) is 13.0 Å². The van der Waals surface area contributed by atoms with E-state index < -0.39 is 0 Å². The van der Waals surface area contributed by atoms with E-state index in [9.17, 15) is 0 Å². The van der Waals surface area contributed by atoms with Crippen LogP contribution in [0.5, 0.6) is 11.8 Å². The predicted octanol–water partition coefficient (Wildman–Crippen LogP) is 4.04. The molecular formula is C21H24N4O. The van der Waals surface area contributed by atoms with E-state index >= 15 is 0 Å². The molecule has 0 amide bonds. The Bertz CT molecular complexity index is 838. The summed E-state index contributed by atoms with van der Waals surface area (Å²) < 4.78 is 5.72. The fourth-order valence-corrected chi connectivity index (χ4v) is 2.76. The summed E-state index contributed by atoms with van der Waals surface area (Å²) in [6.45, 7) is 5.16. The van der Waals surface area contributed by atoms with Crippen molar-refractivity contribution in [3.8, 4) is 11.8 Å². The minimum absolute atomic E-state index is 0.358. The molecule has 0 spiro atoms. The monoisotopic (exact) mass is 348 g/mol. The first kappa shape index (κ1) is 18.0. The van der Waals surface area contributed by atoms with Gasteiger partial charge < -0.3 is 4.74 Å². The van der Waals surface area contributed by atoms with Crippen molar-refractivity contribution in [1.82, 2.24) is 19.9 Å². The van der Waals surface area contributed by atoms with Gasteiger partial charge in [0.25, 0.3) is 0 Å². The summed E-state index contributed by atoms with van der Waals surface area (Å²) in [6, 6.07) is 14.7. The Kier molecular flexibility index (Phi) is 5.92. The van der Waals surface area contributed by atoms with Crippen LogP contribution in [0.4, 0.5) is 0 Å². The molecule has 0 saturated heterocycles. The molecule has 3 aromatic rings. The Morgan fingerprint density at radius 2 is 1.81 bits per heavy atom. The molecule has 0 aliphatic carbocycles. The number of rotatable bonds is 7. The number of hydrogen-bond donors (Lipinski definition) is 0. The highest BCUT2D eigenvalue weighted by Gasteiger charge is 2.12. The Balaban J connectivity index is 1.61. The molecule has 2 aromatic heterocycles. The normalized spacial score (nSPS) is 12.2. The van der Waals surface area contributed by atoms with Crippen LogP contribution in [0, 0.1) is 6.92 Å². The fourth-order valence-electron chi connectivity index (χ4n) is 2.76. The minimum Gasteiger partial charge on any atom is -0.424 e. The Morgan fingerprint density at radius 1 is 1.00 bits per heavy atom. The van der Waals surface area contributed by atoms with Gasteiger partial charge in [-0.2, -0.15) is 0 Å². The van der Waals surface area contributed by atoms with Crippen LogP contribution in [0.15, 0.2) is 61.1 Å². The lowest BCUT2D eigenvalue weighted by atomic mass is 10.1. The zero-order chi connectivity index (χ0) is 18.4. The van der Waals surface area contributed by atoms with Crippen LogP contribution >= 0.6 is 0 Å². The predicted molar refractivity (Wildman–Crippen MR) is 102 cm³/mol. The number of pyridine rings is 1. The average molecular weight is 348 g/mol. The van der Waals surface area contributed by atoms with Crippen molar-refractivity contribution in [3.63, 3.8) is 0 Å². The van der Waals surface area contributed by atoms with E-state index in [-0.39, 0.29) is 0 Å². The molecule has 1 atom stereocenters. The van der Waals surface area contributed by atoms with Crippen molar-refractivity contribution >= 4 is 0 Å². The van der Waals surface area contributed by atoms with Crippen molar-refractivity contribution in [1.29, 1.82) is 0 Å². The number of hydrogen-bond acceptors (Lipinski definition) is 5. The Labute approximate surface area is 154 Å². The lowest BCUT2D eigenvalue weighted by Gasteiger charge is -2.24. The second-order valence-electron chi connectivity index (χ2n) is 6.57. The summed E-state index contributed by atoms with van der Waals surface area (Å²) in [6.07, 6.45) is 6.14. The van der Waals surface area contributed by atoms with Crippen LogP contribution < -0.4 is 4.74 Å². The third kappa shape index (κ3) is 5.10. The molecule has 0 aliphatic heterocycles. The second kappa shape index (κ2) is 8.54. The first-order chi connectivity index (χ1) is 12.6. The van der Waals surface area contributed by atoms with Crippen LogP contribution in [0.25, 0.3) is 0 Å². The van der Waals surface area contributed by atoms with E-state index in [1.54, 1.807) is 18.5 Å². The van der Waals surface area contributed by atoms with Crippen LogP contribution in [0.1, 0.15) is 23.7 Å². The van der Waals surface area contributed by atoms with Crippen molar-refractivity contribution < 1.29 is 4.74 Å². The van der Waals surface area contributed by atoms with Gasteiger partial charge in [-0.25, -0.2) is 9.97 Å². The Morgan fingerprint density at radius 3 is 2.58 bits per heavy atom. The molecular weight excluding hydrogens is 324 g/mol. The quantitative estimate of drug-likeness (QED) is 0.645. The Hall–Kier alpha value is -2.79. The van der Waals surface area contributed by atoms with E-state index in [2.05, 4.69) is 52.9 Å². The molecule has 1 aromatic carbocycles. The van der Waals surface area contributed by atoms with Crippen molar-refractivity contribution in [2.45, 2.75) is 32.9 Å². The maximum absolute atomic E-state index is 5.72. The molecule has 0 aliphatic rings. The van der Waals surface area contributed by atoms with Crippen molar-refractivity contribution in [2.75, 3.05) is 7.05 Å². The lowest BCUT2D eigenvalue weighted by Crippen LogP contribution is -2.30. The summed E-state index contributed by atoms with van der Waals surface area (Å²) in [5, 5.41) is 0. The molecule has 3 rings (SSSR count). The lowest BCUT2D eigenvalue weighted by molar-refractivity contribution is 0.246. The molecule has 2 heterocycles. The van der Waals surface area contributed by atoms with Gasteiger partial charge in [0.05, 0.1) is 0 Å². The molecule has 0 radical (unpaired) electrons. The van der Waals surface area contributed by atoms with Gasteiger partial charge in [0, 0.05) is 43.3 Å². The van der Waals surface area contributed by atoms with E-state index in [1.807, 2.05) is 30.5 Å². The molecule has 134 valence electrons.